The fraction of sp³-hybridized carbons (Fsp3) is 0.240. The monoisotopic (exact) mass is 473 g/mol. The van der Waals surface area contributed by atoms with Gasteiger partial charge in [-0.25, -0.2) is 0 Å². The van der Waals surface area contributed by atoms with E-state index < -0.39 is 5.25 Å². The van der Waals surface area contributed by atoms with Gasteiger partial charge >= 0.3 is 0 Å². The number of benzene rings is 2. The van der Waals surface area contributed by atoms with Crippen molar-refractivity contribution in [3.8, 4) is 0 Å². The maximum absolute atomic E-state index is 12.7. The molecule has 1 atom stereocenters. The predicted octanol–water partition coefficient (Wildman–Crippen LogP) is 3.91. The Balaban J connectivity index is 1.17. The number of hydrogen-bond donors (Lipinski definition) is 2. The SMILES string of the molecule is O=C(C[C@H]1SC(N2CCCC2)=NC1=O)Nc1ccc(C(=O)Nc2cccc3cccnc23)cc1. The Bertz CT molecular complexity index is 1280. The lowest BCUT2D eigenvalue weighted by Crippen LogP contribution is -2.25. The van der Waals surface area contributed by atoms with Gasteiger partial charge in [0, 0.05) is 42.3 Å². The number of hydrogen-bond acceptors (Lipinski definition) is 6. The minimum Gasteiger partial charge on any atom is -0.351 e. The molecule has 0 aliphatic carbocycles. The lowest BCUT2D eigenvalue weighted by atomic mass is 10.1. The van der Waals surface area contributed by atoms with Gasteiger partial charge in [-0.1, -0.05) is 30.0 Å². The predicted molar refractivity (Wildman–Crippen MR) is 134 cm³/mol. The topological polar surface area (TPSA) is 104 Å². The Kier molecular flexibility index (Phi) is 6.27. The van der Waals surface area contributed by atoms with Crippen LogP contribution in [-0.4, -0.2) is 51.1 Å². The highest BCUT2D eigenvalue weighted by Crippen LogP contribution is 2.29. The number of nitrogens with zero attached hydrogens (tertiary/aromatic N) is 3. The summed E-state index contributed by atoms with van der Waals surface area (Å²) in [4.78, 5) is 48.0. The number of pyridine rings is 1. The van der Waals surface area contributed by atoms with Crippen LogP contribution >= 0.6 is 11.8 Å². The molecule has 2 aromatic carbocycles. The van der Waals surface area contributed by atoms with Crippen molar-refractivity contribution in [1.82, 2.24) is 9.88 Å². The van der Waals surface area contributed by atoms with E-state index in [0.29, 0.717) is 16.9 Å². The van der Waals surface area contributed by atoms with Crippen molar-refractivity contribution in [2.75, 3.05) is 23.7 Å². The number of para-hydroxylation sites is 1. The maximum Gasteiger partial charge on any atom is 0.262 e. The number of likely N-dealkylation sites (tertiary alicyclic amines) is 1. The van der Waals surface area contributed by atoms with Crippen LogP contribution in [0.5, 0.6) is 0 Å². The Morgan fingerprint density at radius 3 is 2.56 bits per heavy atom. The molecule has 0 saturated carbocycles. The number of carbonyl (C=O) groups excluding carboxylic acids is 3. The van der Waals surface area contributed by atoms with Gasteiger partial charge in [-0.15, -0.1) is 0 Å². The van der Waals surface area contributed by atoms with Crippen molar-refractivity contribution in [2.24, 2.45) is 4.99 Å². The summed E-state index contributed by atoms with van der Waals surface area (Å²) in [6.07, 6.45) is 3.95. The van der Waals surface area contributed by atoms with Gasteiger partial charge in [0.1, 0.15) is 5.25 Å². The van der Waals surface area contributed by atoms with Gasteiger partial charge in [0.15, 0.2) is 5.17 Å². The number of rotatable bonds is 5. The summed E-state index contributed by atoms with van der Waals surface area (Å²) in [5.41, 5.74) is 2.37. The minimum atomic E-state index is -0.491. The largest absolute Gasteiger partial charge is 0.351 e. The molecule has 0 bridgehead atoms. The van der Waals surface area contributed by atoms with Crippen molar-refractivity contribution in [3.63, 3.8) is 0 Å². The van der Waals surface area contributed by atoms with Crippen molar-refractivity contribution in [2.45, 2.75) is 24.5 Å². The summed E-state index contributed by atoms with van der Waals surface area (Å²) < 4.78 is 0. The van der Waals surface area contributed by atoms with E-state index in [9.17, 15) is 14.4 Å². The molecule has 2 N–H and O–H groups in total. The van der Waals surface area contributed by atoms with Crippen molar-refractivity contribution in [3.05, 3.63) is 66.4 Å². The first kappa shape index (κ1) is 22.1. The first-order chi connectivity index (χ1) is 16.6. The number of amides is 3. The molecule has 9 heteroatoms. The molecule has 3 amide bonds. The van der Waals surface area contributed by atoms with Crippen LogP contribution in [-0.2, 0) is 9.59 Å². The van der Waals surface area contributed by atoms with Gasteiger partial charge in [0.2, 0.25) is 5.91 Å². The zero-order valence-corrected chi connectivity index (χ0v) is 19.2. The van der Waals surface area contributed by atoms with Gasteiger partial charge in [0.05, 0.1) is 11.2 Å². The molecular weight excluding hydrogens is 450 g/mol. The molecule has 3 heterocycles. The van der Waals surface area contributed by atoms with Crippen LogP contribution in [0.4, 0.5) is 11.4 Å². The molecule has 172 valence electrons. The molecule has 34 heavy (non-hydrogen) atoms. The normalized spacial score (nSPS) is 17.6. The highest BCUT2D eigenvalue weighted by atomic mass is 32.2. The second-order valence-corrected chi connectivity index (χ2v) is 9.37. The third kappa shape index (κ3) is 4.79. The number of anilines is 2. The maximum atomic E-state index is 12.7. The minimum absolute atomic E-state index is 0.0562. The number of aromatic nitrogens is 1. The highest BCUT2D eigenvalue weighted by Gasteiger charge is 2.33. The van der Waals surface area contributed by atoms with Gasteiger partial charge in [-0.05, 0) is 49.2 Å². The number of carbonyl (C=O) groups is 3. The van der Waals surface area contributed by atoms with E-state index >= 15 is 0 Å². The third-order valence-corrected chi connectivity index (χ3v) is 7.00. The zero-order chi connectivity index (χ0) is 23.5. The Labute approximate surface area is 200 Å². The molecule has 8 nitrogen and oxygen atoms in total. The lowest BCUT2D eigenvalue weighted by molar-refractivity contribution is -0.121. The van der Waals surface area contributed by atoms with Gasteiger partial charge in [-0.3, -0.25) is 19.4 Å². The zero-order valence-electron chi connectivity index (χ0n) is 18.4. The first-order valence-electron chi connectivity index (χ1n) is 11.2. The summed E-state index contributed by atoms with van der Waals surface area (Å²) in [5.74, 6) is -0.782. The molecule has 1 fully saturated rings. The highest BCUT2D eigenvalue weighted by molar-refractivity contribution is 8.15. The molecule has 2 aliphatic rings. The average molecular weight is 474 g/mol. The number of thioether (sulfide) groups is 1. The Morgan fingerprint density at radius 2 is 1.76 bits per heavy atom. The molecule has 5 rings (SSSR count). The van der Waals surface area contributed by atoms with Crippen LogP contribution in [0.25, 0.3) is 10.9 Å². The van der Waals surface area contributed by atoms with E-state index in [4.69, 9.17) is 0 Å². The molecule has 2 aliphatic heterocycles. The average Bonchev–Trinajstić information content (AvgIpc) is 3.50. The number of amidine groups is 1. The van der Waals surface area contributed by atoms with E-state index in [-0.39, 0.29) is 24.1 Å². The van der Waals surface area contributed by atoms with Crippen molar-refractivity contribution >= 4 is 56.9 Å². The van der Waals surface area contributed by atoms with Crippen LogP contribution in [0.2, 0.25) is 0 Å². The lowest BCUT2D eigenvalue weighted by Gasteiger charge is -2.16. The fourth-order valence-corrected chi connectivity index (χ4v) is 5.15. The van der Waals surface area contributed by atoms with Gasteiger partial charge < -0.3 is 15.5 Å². The summed E-state index contributed by atoms with van der Waals surface area (Å²) >= 11 is 1.37. The van der Waals surface area contributed by atoms with Crippen LogP contribution in [0, 0.1) is 0 Å². The molecule has 0 radical (unpaired) electrons. The van der Waals surface area contributed by atoms with Crippen LogP contribution < -0.4 is 10.6 Å². The fourth-order valence-electron chi connectivity index (χ4n) is 4.04. The standard InChI is InChI=1S/C25H23N5O3S/c31-21(15-20-24(33)29-25(34-20)30-13-1-2-14-30)27-18-10-8-17(9-11-18)23(32)28-19-7-3-5-16-6-4-12-26-22(16)19/h3-12,20H,1-2,13-15H2,(H,27,31)(H,28,32)/t20-/m1/s1. The van der Waals surface area contributed by atoms with E-state index in [0.717, 1.165) is 42.0 Å². The van der Waals surface area contributed by atoms with Crippen molar-refractivity contribution in [1.29, 1.82) is 0 Å². The molecule has 3 aromatic rings. The number of aliphatic imine (C=N–C) groups is 1. The molecule has 0 unspecified atom stereocenters. The second-order valence-electron chi connectivity index (χ2n) is 8.20. The first-order valence-corrected chi connectivity index (χ1v) is 12.0. The summed E-state index contributed by atoms with van der Waals surface area (Å²) in [7, 11) is 0. The van der Waals surface area contributed by atoms with Crippen LogP contribution in [0.1, 0.15) is 29.6 Å². The molecule has 1 aromatic heterocycles. The molecule has 0 spiro atoms. The van der Waals surface area contributed by atoms with E-state index in [1.54, 1.807) is 30.5 Å². The summed E-state index contributed by atoms with van der Waals surface area (Å²) in [6, 6.07) is 16.0. The smallest absolute Gasteiger partial charge is 0.262 e. The second kappa shape index (κ2) is 9.64. The number of nitrogens with one attached hydrogen (secondary N) is 2. The van der Waals surface area contributed by atoms with Gasteiger partial charge in [0.25, 0.3) is 11.8 Å². The third-order valence-electron chi connectivity index (χ3n) is 5.79. The van der Waals surface area contributed by atoms with E-state index in [1.807, 2.05) is 30.3 Å². The molecule has 1 saturated heterocycles. The molecular formula is C25H23N5O3S. The van der Waals surface area contributed by atoms with Crippen LogP contribution in [0.15, 0.2) is 65.8 Å². The quantitative estimate of drug-likeness (QED) is 0.582. The Morgan fingerprint density at radius 1 is 1.00 bits per heavy atom. The van der Waals surface area contributed by atoms with Crippen LogP contribution in [0.3, 0.4) is 0 Å². The van der Waals surface area contributed by atoms with E-state index in [2.05, 4.69) is 25.5 Å². The van der Waals surface area contributed by atoms with Crippen molar-refractivity contribution < 1.29 is 14.4 Å². The van der Waals surface area contributed by atoms with Gasteiger partial charge in [-0.2, -0.15) is 4.99 Å². The summed E-state index contributed by atoms with van der Waals surface area (Å²) in [5, 5.41) is 6.88. The number of fused-ring (bicyclic) bond motifs is 1. The van der Waals surface area contributed by atoms with E-state index in [1.165, 1.54) is 11.8 Å². The summed E-state index contributed by atoms with van der Waals surface area (Å²) in [6.45, 7) is 1.82. The Hall–Kier alpha value is -3.72.